The summed E-state index contributed by atoms with van der Waals surface area (Å²) in [5, 5.41) is 9.52. The third kappa shape index (κ3) is 2.62. The van der Waals surface area contributed by atoms with Gasteiger partial charge in [0.2, 0.25) is 20.0 Å². The molecule has 10 heteroatoms. The number of benzene rings is 1. The summed E-state index contributed by atoms with van der Waals surface area (Å²) in [6, 6.07) is 1.68. The van der Waals surface area contributed by atoms with E-state index >= 15 is 0 Å². The lowest BCUT2D eigenvalue weighted by molar-refractivity contribution is 0.584. The van der Waals surface area contributed by atoms with Crippen molar-refractivity contribution in [3.63, 3.8) is 0 Å². The highest BCUT2D eigenvalue weighted by molar-refractivity contribution is 7.92. The lowest BCUT2D eigenvalue weighted by Gasteiger charge is -2.08. The summed E-state index contributed by atoms with van der Waals surface area (Å²) >= 11 is 5.56. The van der Waals surface area contributed by atoms with Crippen molar-refractivity contribution in [1.29, 1.82) is 0 Å². The Balaban J connectivity index is 3.80. The van der Waals surface area contributed by atoms with Crippen LogP contribution in [0.25, 0.3) is 0 Å². The van der Waals surface area contributed by atoms with Gasteiger partial charge >= 0.3 is 0 Å². The Hall–Kier alpha value is -0.870. The SMILES string of the molecule is Nc1cc(S(N)(=O)=O)c(S(N)(=O)=O)cc1Cl. The molecule has 0 bridgehead atoms. The van der Waals surface area contributed by atoms with Gasteiger partial charge in [0.25, 0.3) is 0 Å². The first-order valence-electron chi connectivity index (χ1n) is 3.68. The van der Waals surface area contributed by atoms with Gasteiger partial charge in [0.1, 0.15) is 9.79 Å². The molecule has 1 aromatic rings. The van der Waals surface area contributed by atoms with Crippen molar-refractivity contribution in [1.82, 2.24) is 0 Å². The molecule has 0 aliphatic rings. The fourth-order valence-corrected chi connectivity index (χ4v) is 3.17. The van der Waals surface area contributed by atoms with E-state index in [1.54, 1.807) is 0 Å². The summed E-state index contributed by atoms with van der Waals surface area (Å²) in [7, 11) is -8.51. The maximum Gasteiger partial charge on any atom is 0.239 e. The van der Waals surface area contributed by atoms with Gasteiger partial charge in [-0.2, -0.15) is 0 Å². The number of primary sulfonamides is 2. The Labute approximate surface area is 97.3 Å². The number of sulfonamides is 2. The molecule has 6 N–H and O–H groups in total. The maximum atomic E-state index is 11.1. The maximum absolute atomic E-state index is 11.1. The molecule has 90 valence electrons. The number of rotatable bonds is 2. The molecule has 0 radical (unpaired) electrons. The van der Waals surface area contributed by atoms with E-state index in [0.717, 1.165) is 12.1 Å². The van der Waals surface area contributed by atoms with Crippen LogP contribution < -0.4 is 16.0 Å². The van der Waals surface area contributed by atoms with E-state index in [4.69, 9.17) is 27.6 Å². The van der Waals surface area contributed by atoms with Crippen LogP contribution in [0.4, 0.5) is 5.69 Å². The number of anilines is 1. The molecule has 16 heavy (non-hydrogen) atoms. The van der Waals surface area contributed by atoms with Gasteiger partial charge in [0, 0.05) is 0 Å². The van der Waals surface area contributed by atoms with Crippen molar-refractivity contribution < 1.29 is 16.8 Å². The molecule has 0 amide bonds. The van der Waals surface area contributed by atoms with Crippen LogP contribution in [0.3, 0.4) is 0 Å². The van der Waals surface area contributed by atoms with Crippen LogP contribution in [0.5, 0.6) is 0 Å². The summed E-state index contributed by atoms with van der Waals surface area (Å²) < 4.78 is 44.5. The van der Waals surface area contributed by atoms with Gasteiger partial charge in [-0.1, -0.05) is 11.6 Å². The number of hydrogen-bond donors (Lipinski definition) is 3. The zero-order chi connectivity index (χ0) is 12.7. The predicted octanol–water partition coefficient (Wildman–Crippen LogP) is -0.783. The van der Waals surface area contributed by atoms with Crippen LogP contribution in [0.15, 0.2) is 21.9 Å². The fraction of sp³-hybridized carbons (Fsp3) is 0. The third-order valence-corrected chi connectivity index (χ3v) is 4.03. The molecule has 0 aliphatic heterocycles. The van der Waals surface area contributed by atoms with Crippen molar-refractivity contribution in [2.24, 2.45) is 10.3 Å². The van der Waals surface area contributed by atoms with Gasteiger partial charge < -0.3 is 5.73 Å². The van der Waals surface area contributed by atoms with Gasteiger partial charge in [-0.25, -0.2) is 27.1 Å². The van der Waals surface area contributed by atoms with Crippen molar-refractivity contribution in [2.45, 2.75) is 9.79 Å². The van der Waals surface area contributed by atoms with Crippen LogP contribution in [0.2, 0.25) is 5.02 Å². The van der Waals surface area contributed by atoms with E-state index in [1.165, 1.54) is 0 Å². The minimum absolute atomic E-state index is 0.113. The summed E-state index contributed by atoms with van der Waals surface area (Å²) in [6.45, 7) is 0. The third-order valence-electron chi connectivity index (χ3n) is 1.68. The molecule has 0 atom stereocenters. The molecule has 0 saturated heterocycles. The molecule has 0 saturated carbocycles. The van der Waals surface area contributed by atoms with Crippen molar-refractivity contribution in [3.8, 4) is 0 Å². The van der Waals surface area contributed by atoms with E-state index in [2.05, 4.69) is 0 Å². The number of nitrogens with two attached hydrogens (primary N) is 3. The summed E-state index contributed by atoms with van der Waals surface area (Å²) in [5.41, 5.74) is 5.23. The van der Waals surface area contributed by atoms with E-state index in [9.17, 15) is 16.8 Å². The van der Waals surface area contributed by atoms with Crippen molar-refractivity contribution in [2.75, 3.05) is 5.73 Å². The predicted molar refractivity (Wildman–Crippen MR) is 58.6 cm³/mol. The van der Waals surface area contributed by atoms with E-state index in [0.29, 0.717) is 0 Å². The van der Waals surface area contributed by atoms with Gasteiger partial charge in [-0.15, -0.1) is 0 Å². The Bertz CT molecular complexity index is 581. The standard InChI is InChI=1S/C6H8ClN3O4S2/c7-3-1-5(15(9,11)12)6(2-4(3)8)16(10,13)14/h1-2H,8H2,(H2,9,11,12)(H2,10,13,14). The average Bonchev–Trinajstić information content (AvgIpc) is 2.05. The first kappa shape index (κ1) is 13.2. The lowest BCUT2D eigenvalue weighted by atomic mass is 10.3. The Morgan fingerprint density at radius 3 is 1.69 bits per heavy atom. The number of hydrogen-bond acceptors (Lipinski definition) is 5. The molecule has 0 spiro atoms. The van der Waals surface area contributed by atoms with Gasteiger partial charge in [0.15, 0.2) is 0 Å². The monoisotopic (exact) mass is 285 g/mol. The molecule has 0 unspecified atom stereocenters. The van der Waals surface area contributed by atoms with E-state index in [-0.39, 0.29) is 10.7 Å². The molecule has 1 aromatic carbocycles. The first-order valence-corrected chi connectivity index (χ1v) is 7.15. The van der Waals surface area contributed by atoms with Crippen molar-refractivity contribution in [3.05, 3.63) is 17.2 Å². The van der Waals surface area contributed by atoms with E-state index < -0.39 is 29.8 Å². The van der Waals surface area contributed by atoms with Crippen LogP contribution in [0, 0.1) is 0 Å². The minimum Gasteiger partial charge on any atom is -0.397 e. The Morgan fingerprint density at radius 1 is 0.938 bits per heavy atom. The summed E-state index contributed by atoms with van der Waals surface area (Å²) in [5.74, 6) is 0. The smallest absolute Gasteiger partial charge is 0.239 e. The van der Waals surface area contributed by atoms with Crippen LogP contribution in [-0.2, 0) is 20.0 Å². The molecule has 7 nitrogen and oxygen atoms in total. The second-order valence-corrected chi connectivity index (χ2v) is 6.38. The van der Waals surface area contributed by atoms with Crippen LogP contribution >= 0.6 is 11.6 Å². The quantitative estimate of drug-likeness (QED) is 0.610. The Kier molecular flexibility index (Phi) is 3.18. The normalized spacial score (nSPS) is 12.7. The number of halogens is 1. The molecular formula is C6H8ClN3O4S2. The molecule has 0 aromatic heterocycles. The highest BCUT2D eigenvalue weighted by atomic mass is 35.5. The Morgan fingerprint density at radius 2 is 1.31 bits per heavy atom. The topological polar surface area (TPSA) is 146 Å². The molecule has 0 heterocycles. The second kappa shape index (κ2) is 3.86. The summed E-state index contributed by atoms with van der Waals surface area (Å²) in [4.78, 5) is -1.37. The number of nitrogen functional groups attached to an aromatic ring is 1. The molecule has 0 fully saturated rings. The largest absolute Gasteiger partial charge is 0.397 e. The molecule has 0 aliphatic carbocycles. The van der Waals surface area contributed by atoms with Gasteiger partial charge in [-0.05, 0) is 12.1 Å². The molecule has 1 rings (SSSR count). The zero-order valence-electron chi connectivity index (χ0n) is 7.71. The highest BCUT2D eigenvalue weighted by Gasteiger charge is 2.23. The molecular weight excluding hydrogens is 278 g/mol. The zero-order valence-corrected chi connectivity index (χ0v) is 10.1. The fourth-order valence-electron chi connectivity index (χ4n) is 0.996. The lowest BCUT2D eigenvalue weighted by Crippen LogP contribution is -2.21. The van der Waals surface area contributed by atoms with Gasteiger partial charge in [0.05, 0.1) is 10.7 Å². The first-order chi connectivity index (χ1) is 7.03. The van der Waals surface area contributed by atoms with E-state index in [1.807, 2.05) is 0 Å². The minimum atomic E-state index is -4.26. The van der Waals surface area contributed by atoms with Crippen LogP contribution in [0.1, 0.15) is 0 Å². The van der Waals surface area contributed by atoms with Crippen LogP contribution in [-0.4, -0.2) is 16.8 Å². The summed E-state index contributed by atoms with van der Waals surface area (Å²) in [6.07, 6.45) is 0. The average molecular weight is 286 g/mol. The highest BCUT2D eigenvalue weighted by Crippen LogP contribution is 2.28. The van der Waals surface area contributed by atoms with Gasteiger partial charge in [-0.3, -0.25) is 0 Å². The second-order valence-electron chi connectivity index (χ2n) is 2.91. The van der Waals surface area contributed by atoms with Crippen molar-refractivity contribution >= 4 is 37.3 Å².